The molecule has 0 fully saturated rings. The number of anilines is 2. The lowest BCUT2D eigenvalue weighted by molar-refractivity contribution is 0.834. The fraction of sp³-hybridized carbons (Fsp3) is 0.278. The maximum Gasteiger partial charge on any atom is 0.237 e. The molecule has 25 heavy (non-hydrogen) atoms. The van der Waals surface area contributed by atoms with Crippen LogP contribution in [0.2, 0.25) is 0 Å². The van der Waals surface area contributed by atoms with Crippen LogP contribution in [0.3, 0.4) is 0 Å². The van der Waals surface area contributed by atoms with Crippen molar-refractivity contribution in [1.82, 2.24) is 15.0 Å². The van der Waals surface area contributed by atoms with E-state index in [0.29, 0.717) is 5.95 Å². The molecule has 0 saturated heterocycles. The van der Waals surface area contributed by atoms with Gasteiger partial charge in [-0.2, -0.15) is 0 Å². The van der Waals surface area contributed by atoms with E-state index in [-0.39, 0.29) is 0 Å². The lowest BCUT2D eigenvalue weighted by atomic mass is 10.2. The zero-order valence-corrected chi connectivity index (χ0v) is 15.2. The Morgan fingerprint density at radius 3 is 2.64 bits per heavy atom. The smallest absolute Gasteiger partial charge is 0.237 e. The normalized spacial score (nSPS) is 10.7. The summed E-state index contributed by atoms with van der Waals surface area (Å²) in [6.07, 6.45) is 4.05. The molecule has 7 heteroatoms. The van der Waals surface area contributed by atoms with E-state index in [1.54, 1.807) is 17.5 Å². The maximum absolute atomic E-state index is 5.40. The van der Waals surface area contributed by atoms with Gasteiger partial charge in [0.2, 0.25) is 5.95 Å². The molecule has 6 nitrogen and oxygen atoms in total. The molecule has 0 bridgehead atoms. The van der Waals surface area contributed by atoms with Gasteiger partial charge >= 0.3 is 0 Å². The topological polar surface area (TPSA) is 88.8 Å². The van der Waals surface area contributed by atoms with Crippen LogP contribution in [0.15, 0.2) is 36.5 Å². The zero-order valence-electron chi connectivity index (χ0n) is 14.4. The number of aromatic nitrogens is 3. The van der Waals surface area contributed by atoms with Crippen LogP contribution in [0.1, 0.15) is 25.5 Å². The van der Waals surface area contributed by atoms with Gasteiger partial charge in [-0.1, -0.05) is 13.3 Å². The molecule has 1 aromatic carbocycles. The Bertz CT molecular complexity index is 828. The fourth-order valence-electron chi connectivity index (χ4n) is 2.45. The van der Waals surface area contributed by atoms with Crippen molar-refractivity contribution in [2.45, 2.75) is 26.7 Å². The third-order valence-corrected chi connectivity index (χ3v) is 5.03. The minimum Gasteiger partial charge on any atom is -0.385 e. The lowest BCUT2D eigenvalue weighted by Crippen LogP contribution is -2.10. The number of nitrogens with one attached hydrogen (secondary N) is 2. The van der Waals surface area contributed by atoms with Gasteiger partial charge in [0.15, 0.2) is 0 Å². The van der Waals surface area contributed by atoms with Gasteiger partial charge in [0, 0.05) is 24.0 Å². The van der Waals surface area contributed by atoms with Crippen molar-refractivity contribution in [3.63, 3.8) is 0 Å². The molecule has 4 N–H and O–H groups in total. The number of benzene rings is 1. The Morgan fingerprint density at radius 1 is 1.12 bits per heavy atom. The van der Waals surface area contributed by atoms with Crippen molar-refractivity contribution in [2.75, 3.05) is 17.3 Å². The molecule has 0 aliphatic carbocycles. The standard InChI is InChI=1S/C18H22N6S/c1-3-4-10-20-14-7-5-13(6-8-14)17-22-12(2)16(25-17)15-9-11-21-18(23-15)24-19/h5-9,11,20H,3-4,10,19H2,1-2H3,(H,21,23,24). The Morgan fingerprint density at radius 2 is 1.92 bits per heavy atom. The van der Waals surface area contributed by atoms with Gasteiger partial charge in [-0.05, 0) is 43.7 Å². The number of hydrogen-bond acceptors (Lipinski definition) is 7. The number of thiazole rings is 1. The Balaban J connectivity index is 1.82. The van der Waals surface area contributed by atoms with E-state index in [9.17, 15) is 0 Å². The van der Waals surface area contributed by atoms with Crippen LogP contribution >= 0.6 is 11.3 Å². The van der Waals surface area contributed by atoms with Crippen molar-refractivity contribution in [1.29, 1.82) is 0 Å². The highest BCUT2D eigenvalue weighted by Gasteiger charge is 2.13. The minimum absolute atomic E-state index is 0.398. The molecule has 130 valence electrons. The molecule has 0 atom stereocenters. The third kappa shape index (κ3) is 4.12. The minimum atomic E-state index is 0.398. The van der Waals surface area contributed by atoms with E-state index in [1.165, 1.54) is 12.8 Å². The van der Waals surface area contributed by atoms with Crippen molar-refractivity contribution >= 4 is 23.0 Å². The fourth-order valence-corrected chi connectivity index (χ4v) is 3.49. The van der Waals surface area contributed by atoms with Crippen LogP contribution in [-0.2, 0) is 0 Å². The molecule has 0 radical (unpaired) electrons. The SMILES string of the molecule is CCCCNc1ccc(-c2nc(C)c(-c3ccnc(NN)n3)s2)cc1. The van der Waals surface area contributed by atoms with Crippen LogP contribution in [0.25, 0.3) is 21.1 Å². The maximum atomic E-state index is 5.40. The molecule has 0 unspecified atom stereocenters. The molecule has 0 amide bonds. The van der Waals surface area contributed by atoms with Crippen molar-refractivity contribution in [3.8, 4) is 21.1 Å². The molecule has 0 spiro atoms. The van der Waals surface area contributed by atoms with E-state index in [0.717, 1.165) is 39.1 Å². The largest absolute Gasteiger partial charge is 0.385 e. The molecule has 3 aromatic rings. The summed E-state index contributed by atoms with van der Waals surface area (Å²) in [7, 11) is 0. The molecule has 3 rings (SSSR count). The van der Waals surface area contributed by atoms with Gasteiger partial charge in [-0.3, -0.25) is 5.43 Å². The van der Waals surface area contributed by atoms with E-state index in [2.05, 4.69) is 51.9 Å². The first-order valence-corrected chi connectivity index (χ1v) is 9.14. The first kappa shape index (κ1) is 17.3. The van der Waals surface area contributed by atoms with Crippen LogP contribution in [0, 0.1) is 6.92 Å². The van der Waals surface area contributed by atoms with Crippen molar-refractivity contribution < 1.29 is 0 Å². The van der Waals surface area contributed by atoms with E-state index in [4.69, 9.17) is 10.8 Å². The quantitative estimate of drug-likeness (QED) is 0.337. The van der Waals surface area contributed by atoms with Gasteiger partial charge in [-0.25, -0.2) is 20.8 Å². The number of unbranched alkanes of at least 4 members (excludes halogenated alkanes) is 1. The number of hydrogen-bond donors (Lipinski definition) is 3. The summed E-state index contributed by atoms with van der Waals surface area (Å²) in [6.45, 7) is 5.19. The highest BCUT2D eigenvalue weighted by atomic mass is 32.1. The van der Waals surface area contributed by atoms with E-state index >= 15 is 0 Å². The number of rotatable bonds is 7. The molecule has 0 aliphatic rings. The predicted molar refractivity (Wildman–Crippen MR) is 105 cm³/mol. The summed E-state index contributed by atoms with van der Waals surface area (Å²) >= 11 is 1.62. The van der Waals surface area contributed by atoms with E-state index < -0.39 is 0 Å². The monoisotopic (exact) mass is 354 g/mol. The van der Waals surface area contributed by atoms with Gasteiger partial charge in [-0.15, -0.1) is 11.3 Å². The second kappa shape index (κ2) is 8.04. The number of nitrogen functional groups attached to an aromatic ring is 1. The highest BCUT2D eigenvalue weighted by Crippen LogP contribution is 2.34. The summed E-state index contributed by atoms with van der Waals surface area (Å²) in [6, 6.07) is 10.3. The Hall–Kier alpha value is -2.51. The second-order valence-corrected chi connectivity index (χ2v) is 6.70. The van der Waals surface area contributed by atoms with Crippen LogP contribution in [0.4, 0.5) is 11.6 Å². The predicted octanol–water partition coefficient (Wildman–Crippen LogP) is 4.07. The number of nitrogens with zero attached hydrogens (tertiary/aromatic N) is 3. The summed E-state index contributed by atoms with van der Waals surface area (Å²) < 4.78 is 0. The Kier molecular flexibility index (Phi) is 5.57. The van der Waals surface area contributed by atoms with Gasteiger partial charge < -0.3 is 5.32 Å². The Labute approximate surface area is 151 Å². The number of aryl methyl sites for hydroxylation is 1. The number of nitrogens with two attached hydrogens (primary N) is 1. The average Bonchev–Trinajstić information content (AvgIpc) is 3.04. The van der Waals surface area contributed by atoms with Crippen LogP contribution in [0.5, 0.6) is 0 Å². The van der Waals surface area contributed by atoms with Gasteiger partial charge in [0.25, 0.3) is 0 Å². The summed E-state index contributed by atoms with van der Waals surface area (Å²) in [5.41, 5.74) is 6.49. The van der Waals surface area contributed by atoms with Crippen molar-refractivity contribution in [2.24, 2.45) is 5.84 Å². The van der Waals surface area contributed by atoms with E-state index in [1.807, 2.05) is 13.0 Å². The number of hydrazine groups is 1. The molecule has 0 saturated carbocycles. The second-order valence-electron chi connectivity index (χ2n) is 5.70. The molecular weight excluding hydrogens is 332 g/mol. The van der Waals surface area contributed by atoms with Crippen LogP contribution in [-0.4, -0.2) is 21.5 Å². The lowest BCUT2D eigenvalue weighted by Gasteiger charge is -2.05. The summed E-state index contributed by atoms with van der Waals surface area (Å²) in [5.74, 6) is 5.79. The first-order valence-electron chi connectivity index (χ1n) is 8.33. The molecular formula is C18H22N6S. The van der Waals surface area contributed by atoms with Gasteiger partial charge in [0.1, 0.15) is 5.01 Å². The average molecular weight is 354 g/mol. The third-order valence-electron chi connectivity index (χ3n) is 3.81. The zero-order chi connectivity index (χ0) is 17.6. The summed E-state index contributed by atoms with van der Waals surface area (Å²) in [4.78, 5) is 14.2. The summed E-state index contributed by atoms with van der Waals surface area (Å²) in [5, 5.41) is 4.41. The first-order chi connectivity index (χ1) is 12.2. The van der Waals surface area contributed by atoms with Crippen LogP contribution < -0.4 is 16.6 Å². The highest BCUT2D eigenvalue weighted by molar-refractivity contribution is 7.18. The van der Waals surface area contributed by atoms with Gasteiger partial charge in [0.05, 0.1) is 16.3 Å². The molecule has 2 aromatic heterocycles. The molecule has 2 heterocycles. The van der Waals surface area contributed by atoms with Crippen molar-refractivity contribution in [3.05, 3.63) is 42.2 Å². The molecule has 0 aliphatic heterocycles.